The molecule has 124 valence electrons. The fourth-order valence-corrected chi connectivity index (χ4v) is 3.17. The molecule has 0 spiro atoms. The summed E-state index contributed by atoms with van der Waals surface area (Å²) in [5.74, 6) is 0. The summed E-state index contributed by atoms with van der Waals surface area (Å²) in [5.41, 5.74) is 8.13. The van der Waals surface area contributed by atoms with E-state index in [4.69, 9.17) is 0 Å². The molecule has 0 saturated heterocycles. The van der Waals surface area contributed by atoms with Crippen LogP contribution in [0.3, 0.4) is 0 Å². The van der Waals surface area contributed by atoms with Crippen LogP contribution in [0.2, 0.25) is 0 Å². The van der Waals surface area contributed by atoms with Crippen LogP contribution in [0.4, 0.5) is 0 Å². The van der Waals surface area contributed by atoms with Gasteiger partial charge in [-0.05, 0) is 61.7 Å². The zero-order valence-electron chi connectivity index (χ0n) is 14.6. The lowest BCUT2D eigenvalue weighted by atomic mass is 10.1. The van der Waals surface area contributed by atoms with E-state index in [1.54, 1.807) is 6.20 Å². The van der Waals surface area contributed by atoms with Crippen molar-refractivity contribution in [3.63, 3.8) is 0 Å². The Morgan fingerprint density at radius 3 is 2.24 bits per heavy atom. The molecule has 0 aliphatic rings. The molecule has 0 radical (unpaired) electrons. The van der Waals surface area contributed by atoms with Crippen LogP contribution in [-0.4, -0.2) is 19.6 Å². The van der Waals surface area contributed by atoms with Crippen molar-refractivity contribution in [3.8, 4) is 22.5 Å². The Hall–Kier alpha value is -3.14. The Balaban J connectivity index is 1.69. The van der Waals surface area contributed by atoms with Crippen LogP contribution in [-0.2, 0) is 0 Å². The monoisotopic (exact) mass is 328 g/mol. The molecule has 2 aromatic carbocycles. The van der Waals surface area contributed by atoms with E-state index >= 15 is 0 Å². The Kier molecular flexibility index (Phi) is 3.73. The van der Waals surface area contributed by atoms with E-state index in [9.17, 15) is 0 Å². The van der Waals surface area contributed by atoms with Gasteiger partial charge >= 0.3 is 0 Å². The molecule has 0 atom stereocenters. The SMILES string of the molecule is Cc1ccc(-n2cc(-c3ccc(-n4cccn4)c(C)c3)cn2)c(C)c1. The first kappa shape index (κ1) is 15.4. The van der Waals surface area contributed by atoms with E-state index in [0.29, 0.717) is 0 Å². The van der Waals surface area contributed by atoms with E-state index in [1.165, 1.54) is 16.7 Å². The molecule has 0 bridgehead atoms. The van der Waals surface area contributed by atoms with Gasteiger partial charge in [-0.1, -0.05) is 23.8 Å². The molecule has 4 rings (SSSR count). The first-order chi connectivity index (χ1) is 12.1. The third-order valence-corrected chi connectivity index (χ3v) is 4.46. The fourth-order valence-electron chi connectivity index (χ4n) is 3.17. The maximum atomic E-state index is 4.55. The Morgan fingerprint density at radius 1 is 0.760 bits per heavy atom. The van der Waals surface area contributed by atoms with Gasteiger partial charge in [-0.2, -0.15) is 10.2 Å². The zero-order chi connectivity index (χ0) is 17.4. The molecule has 0 aliphatic carbocycles. The average Bonchev–Trinajstić information content (AvgIpc) is 3.26. The molecule has 0 N–H and O–H groups in total. The van der Waals surface area contributed by atoms with Crippen molar-refractivity contribution in [2.24, 2.45) is 0 Å². The van der Waals surface area contributed by atoms with Crippen LogP contribution in [0.25, 0.3) is 22.5 Å². The fraction of sp³-hybridized carbons (Fsp3) is 0.143. The van der Waals surface area contributed by atoms with Gasteiger partial charge in [-0.15, -0.1) is 0 Å². The first-order valence-corrected chi connectivity index (χ1v) is 8.35. The Bertz CT molecular complexity index is 1030. The van der Waals surface area contributed by atoms with Crippen molar-refractivity contribution in [2.45, 2.75) is 20.8 Å². The lowest BCUT2D eigenvalue weighted by Crippen LogP contribution is -1.97. The van der Waals surface area contributed by atoms with Gasteiger partial charge in [-0.25, -0.2) is 9.36 Å². The van der Waals surface area contributed by atoms with Gasteiger partial charge in [0.25, 0.3) is 0 Å². The van der Waals surface area contributed by atoms with Crippen LogP contribution >= 0.6 is 0 Å². The van der Waals surface area contributed by atoms with E-state index in [-0.39, 0.29) is 0 Å². The van der Waals surface area contributed by atoms with Crippen LogP contribution in [0, 0.1) is 20.8 Å². The predicted octanol–water partition coefficient (Wildman–Crippen LogP) is 4.65. The van der Waals surface area contributed by atoms with Crippen LogP contribution in [0.1, 0.15) is 16.7 Å². The summed E-state index contributed by atoms with van der Waals surface area (Å²) >= 11 is 0. The highest BCUT2D eigenvalue weighted by molar-refractivity contribution is 5.65. The number of aryl methyl sites for hydroxylation is 3. The maximum Gasteiger partial charge on any atom is 0.0675 e. The third kappa shape index (κ3) is 2.87. The molecule has 4 nitrogen and oxygen atoms in total. The Morgan fingerprint density at radius 2 is 1.52 bits per heavy atom. The number of rotatable bonds is 3. The molecule has 0 fully saturated rings. The zero-order valence-corrected chi connectivity index (χ0v) is 14.6. The second-order valence-electron chi connectivity index (χ2n) is 6.42. The molecule has 2 heterocycles. The van der Waals surface area contributed by atoms with Gasteiger partial charge < -0.3 is 0 Å². The van der Waals surface area contributed by atoms with Crippen molar-refractivity contribution in [1.82, 2.24) is 19.6 Å². The molecular formula is C21H20N4. The molecule has 4 aromatic rings. The van der Waals surface area contributed by atoms with E-state index < -0.39 is 0 Å². The van der Waals surface area contributed by atoms with Crippen molar-refractivity contribution < 1.29 is 0 Å². The summed E-state index contributed by atoms with van der Waals surface area (Å²) in [6, 6.07) is 14.8. The number of hydrogen-bond donors (Lipinski definition) is 0. The van der Waals surface area contributed by atoms with Gasteiger partial charge in [0.15, 0.2) is 0 Å². The number of benzene rings is 2. The van der Waals surface area contributed by atoms with Gasteiger partial charge in [-0.3, -0.25) is 0 Å². The summed E-state index contributed by atoms with van der Waals surface area (Å²) < 4.78 is 3.83. The summed E-state index contributed by atoms with van der Waals surface area (Å²) in [6.07, 6.45) is 7.75. The smallest absolute Gasteiger partial charge is 0.0675 e. The van der Waals surface area contributed by atoms with Crippen LogP contribution in [0.5, 0.6) is 0 Å². The van der Waals surface area contributed by atoms with Gasteiger partial charge in [0.2, 0.25) is 0 Å². The highest BCUT2D eigenvalue weighted by Crippen LogP contribution is 2.25. The van der Waals surface area contributed by atoms with Crippen LogP contribution in [0.15, 0.2) is 67.3 Å². The van der Waals surface area contributed by atoms with Gasteiger partial charge in [0.1, 0.15) is 0 Å². The van der Waals surface area contributed by atoms with Crippen molar-refractivity contribution in [1.29, 1.82) is 0 Å². The second-order valence-corrected chi connectivity index (χ2v) is 6.42. The molecule has 25 heavy (non-hydrogen) atoms. The Labute approximate surface area is 147 Å². The van der Waals surface area contributed by atoms with E-state index in [2.05, 4.69) is 73.6 Å². The highest BCUT2D eigenvalue weighted by atomic mass is 15.3. The van der Waals surface area contributed by atoms with Crippen molar-refractivity contribution in [2.75, 3.05) is 0 Å². The maximum absolute atomic E-state index is 4.55. The number of hydrogen-bond acceptors (Lipinski definition) is 2. The predicted molar refractivity (Wildman–Crippen MR) is 100 cm³/mol. The second kappa shape index (κ2) is 6.06. The summed E-state index contributed by atoms with van der Waals surface area (Å²) in [4.78, 5) is 0. The summed E-state index contributed by atoms with van der Waals surface area (Å²) in [5, 5.41) is 8.86. The quantitative estimate of drug-likeness (QED) is 0.549. The largest absolute Gasteiger partial charge is 0.241 e. The highest BCUT2D eigenvalue weighted by Gasteiger charge is 2.08. The first-order valence-electron chi connectivity index (χ1n) is 8.35. The lowest BCUT2D eigenvalue weighted by molar-refractivity contribution is 0.872. The van der Waals surface area contributed by atoms with Gasteiger partial charge in [0, 0.05) is 24.2 Å². The summed E-state index contributed by atoms with van der Waals surface area (Å²) in [6.45, 7) is 6.33. The minimum Gasteiger partial charge on any atom is -0.241 e. The topological polar surface area (TPSA) is 35.6 Å². The van der Waals surface area contributed by atoms with Crippen molar-refractivity contribution >= 4 is 0 Å². The molecule has 4 heteroatoms. The average molecular weight is 328 g/mol. The number of nitrogens with zero attached hydrogens (tertiary/aromatic N) is 4. The standard InChI is InChI=1S/C21H20N4/c1-15-5-7-21(16(2)11-15)25-14-19(13-23-25)18-6-8-20(17(3)12-18)24-10-4-9-22-24/h4-14H,1-3H3. The van der Waals surface area contributed by atoms with Gasteiger partial charge in [0.05, 0.1) is 17.6 Å². The molecule has 2 aromatic heterocycles. The third-order valence-electron chi connectivity index (χ3n) is 4.46. The van der Waals surface area contributed by atoms with E-state index in [1.807, 2.05) is 27.8 Å². The van der Waals surface area contributed by atoms with Crippen LogP contribution < -0.4 is 0 Å². The number of aromatic nitrogens is 4. The minimum atomic E-state index is 1.09. The molecule has 0 unspecified atom stereocenters. The molecular weight excluding hydrogens is 308 g/mol. The minimum absolute atomic E-state index is 1.09. The molecule has 0 aliphatic heterocycles. The van der Waals surface area contributed by atoms with E-state index in [0.717, 1.165) is 22.5 Å². The van der Waals surface area contributed by atoms with Crippen molar-refractivity contribution in [3.05, 3.63) is 83.9 Å². The molecule has 0 amide bonds. The lowest BCUT2D eigenvalue weighted by Gasteiger charge is -2.08. The normalized spacial score (nSPS) is 11.0. The summed E-state index contributed by atoms with van der Waals surface area (Å²) in [7, 11) is 0. The molecule has 0 saturated carbocycles.